The monoisotopic (exact) mass is 344 g/mol. The van der Waals surface area contributed by atoms with Crippen LogP contribution in [0.15, 0.2) is 0 Å². The summed E-state index contributed by atoms with van der Waals surface area (Å²) < 4.78 is 15.3. The van der Waals surface area contributed by atoms with Gasteiger partial charge < -0.3 is 55.4 Å². The van der Waals surface area contributed by atoms with Gasteiger partial charge in [-0.25, -0.2) is 0 Å². The largest absolute Gasteiger partial charge is 0.412 e. The van der Waals surface area contributed by atoms with Gasteiger partial charge in [-0.1, -0.05) is 0 Å². The molecule has 0 unspecified atom stereocenters. The van der Waals surface area contributed by atoms with E-state index in [0.717, 1.165) is 0 Å². The van der Waals surface area contributed by atoms with Gasteiger partial charge in [0.1, 0.15) is 42.7 Å². The zero-order chi connectivity index (χ0) is 16.6. The summed E-state index contributed by atoms with van der Waals surface area (Å²) in [5.74, 6) is 0. The molecule has 0 aromatic carbocycles. The van der Waals surface area contributed by atoms with Crippen LogP contribution in [0, 0.1) is 0 Å². The van der Waals surface area contributed by atoms with Crippen molar-refractivity contribution in [1.29, 1.82) is 0 Å². The highest BCUT2D eigenvalue weighted by molar-refractivity contribution is 4.90. The Morgan fingerprint density at radius 2 is 1.30 bits per heavy atom. The van der Waals surface area contributed by atoms with Crippen LogP contribution in [0.3, 0.4) is 0 Å². The number of hydrogen-bond acceptors (Lipinski definition) is 10. The van der Waals surface area contributed by atoms with Crippen molar-refractivity contribution in [3.63, 3.8) is 0 Å². The lowest BCUT2D eigenvalue weighted by Gasteiger charge is -2.41. The van der Waals surface area contributed by atoms with Crippen LogP contribution in [0.4, 0.5) is 0 Å². The third kappa shape index (κ3) is 4.15. The maximum Gasteiger partial charge on any atom is 0.186 e. The van der Waals surface area contributed by atoms with Gasteiger partial charge in [0.25, 0.3) is 0 Å². The minimum Gasteiger partial charge on any atom is -0.412 e. The van der Waals surface area contributed by atoms with E-state index >= 15 is 0 Å². The summed E-state index contributed by atoms with van der Waals surface area (Å²) in [6.07, 6.45) is -14.0. The predicted octanol–water partition coefficient (Wildman–Crippen LogP) is -5.19. The first kappa shape index (κ1) is 20.6. The molecule has 0 aromatic rings. The normalized spacial score (nSPS) is 51.1. The third-order valence-corrected chi connectivity index (χ3v) is 3.92. The molecule has 0 aliphatic carbocycles. The first-order valence-corrected chi connectivity index (χ1v) is 6.93. The van der Waals surface area contributed by atoms with Crippen molar-refractivity contribution in [2.24, 2.45) is 0 Å². The Balaban J connectivity index is 0.00000264. The number of aliphatic hydroxyl groups excluding tert-OH is 7. The average molecular weight is 344 g/mol. The Hall–Kier alpha value is -0.440. The summed E-state index contributed by atoms with van der Waals surface area (Å²) in [6.45, 7) is 1.09. The van der Waals surface area contributed by atoms with E-state index < -0.39 is 61.4 Å². The van der Waals surface area contributed by atoms with E-state index in [0.29, 0.717) is 0 Å². The van der Waals surface area contributed by atoms with Crippen LogP contribution in [0.1, 0.15) is 6.92 Å². The summed E-state index contributed by atoms with van der Waals surface area (Å²) in [6, 6.07) is 0. The van der Waals surface area contributed by atoms with Gasteiger partial charge in [0, 0.05) is 0 Å². The molecule has 2 aliphatic rings. The number of hydrogen-bond donors (Lipinski definition) is 7. The van der Waals surface area contributed by atoms with Crippen molar-refractivity contribution in [3.8, 4) is 0 Å². The van der Waals surface area contributed by atoms with E-state index in [-0.39, 0.29) is 12.1 Å². The molecule has 138 valence electrons. The van der Waals surface area contributed by atoms with Gasteiger partial charge in [-0.3, -0.25) is 0 Å². The molecule has 2 fully saturated rings. The highest BCUT2D eigenvalue weighted by Gasteiger charge is 2.45. The lowest BCUT2D eigenvalue weighted by atomic mass is 9.99. The fourth-order valence-electron chi connectivity index (χ4n) is 2.41. The van der Waals surface area contributed by atoms with Crippen molar-refractivity contribution < 1.29 is 55.4 Å². The van der Waals surface area contributed by atoms with Crippen molar-refractivity contribution in [2.45, 2.75) is 68.3 Å². The average Bonchev–Trinajstić information content (AvgIpc) is 2.49. The highest BCUT2D eigenvalue weighted by atomic mass is 16.7. The Morgan fingerprint density at radius 3 is 1.91 bits per heavy atom. The topological polar surface area (TPSA) is 201 Å². The molecule has 2 aliphatic heterocycles. The second-order valence-electron chi connectivity index (χ2n) is 5.55. The SMILES string of the molecule is C[C@@H]1O[C@@H](OC[C@H]2O[C@@H](O)[C@H](O)[C@@H](O)[C@@H]2O)[C@H](O)[C@H](O)[C@H]1O.O. The molecular formula is C12H24O11. The van der Waals surface area contributed by atoms with Crippen LogP contribution >= 0.6 is 0 Å². The molecule has 11 heteroatoms. The van der Waals surface area contributed by atoms with Crippen LogP contribution in [0.5, 0.6) is 0 Å². The molecule has 2 heterocycles. The van der Waals surface area contributed by atoms with Gasteiger partial charge in [0.2, 0.25) is 0 Å². The number of aliphatic hydroxyl groups is 7. The first-order chi connectivity index (χ1) is 10.2. The summed E-state index contributed by atoms with van der Waals surface area (Å²) >= 11 is 0. The molecule has 0 bridgehead atoms. The number of rotatable bonds is 3. The van der Waals surface area contributed by atoms with Crippen molar-refractivity contribution in [2.75, 3.05) is 6.61 Å². The quantitative estimate of drug-likeness (QED) is 0.259. The standard InChI is InChI=1S/C12H22O10.H2O/c1-3-5(13)7(15)10(18)12(21-3)20-2-4-6(14)8(16)9(17)11(19)22-4;/h3-19H,2H2,1H3;1H2/t3-,4+,5-,6+,7+,8-,9+,10+,11+,12+;/m0./s1. The lowest BCUT2D eigenvalue weighted by Crippen LogP contribution is -2.60. The van der Waals surface area contributed by atoms with Crippen molar-refractivity contribution in [1.82, 2.24) is 0 Å². The molecule has 0 spiro atoms. The van der Waals surface area contributed by atoms with Crippen molar-refractivity contribution in [3.05, 3.63) is 0 Å². The van der Waals surface area contributed by atoms with Gasteiger partial charge in [0.05, 0.1) is 12.7 Å². The molecule has 0 saturated carbocycles. The Bertz CT molecular complexity index is 335. The molecule has 10 atom stereocenters. The highest BCUT2D eigenvalue weighted by Crippen LogP contribution is 2.24. The molecule has 11 nitrogen and oxygen atoms in total. The second kappa shape index (κ2) is 8.09. The van der Waals surface area contributed by atoms with Gasteiger partial charge in [-0.05, 0) is 6.92 Å². The predicted molar refractivity (Wildman–Crippen MR) is 70.8 cm³/mol. The van der Waals surface area contributed by atoms with E-state index in [1.54, 1.807) is 0 Å². The Labute approximate surface area is 131 Å². The summed E-state index contributed by atoms with van der Waals surface area (Å²) in [5.41, 5.74) is 0. The van der Waals surface area contributed by atoms with E-state index in [4.69, 9.17) is 14.2 Å². The van der Waals surface area contributed by atoms with Gasteiger partial charge >= 0.3 is 0 Å². The van der Waals surface area contributed by atoms with E-state index in [1.807, 2.05) is 0 Å². The van der Waals surface area contributed by atoms with Gasteiger partial charge in [0.15, 0.2) is 12.6 Å². The zero-order valence-corrected chi connectivity index (χ0v) is 12.3. The second-order valence-corrected chi connectivity index (χ2v) is 5.55. The zero-order valence-electron chi connectivity index (χ0n) is 12.3. The summed E-state index contributed by atoms with van der Waals surface area (Å²) in [7, 11) is 0. The first-order valence-electron chi connectivity index (χ1n) is 6.93. The number of ether oxygens (including phenoxy) is 3. The molecule has 2 saturated heterocycles. The molecule has 9 N–H and O–H groups in total. The van der Waals surface area contributed by atoms with Crippen LogP contribution in [-0.4, -0.2) is 109 Å². The minimum absolute atomic E-state index is 0. The Morgan fingerprint density at radius 1 is 0.739 bits per heavy atom. The van der Waals surface area contributed by atoms with Crippen LogP contribution in [0.25, 0.3) is 0 Å². The lowest BCUT2D eigenvalue weighted by molar-refractivity contribution is -0.322. The van der Waals surface area contributed by atoms with Crippen LogP contribution < -0.4 is 0 Å². The van der Waals surface area contributed by atoms with Crippen LogP contribution in [-0.2, 0) is 14.2 Å². The van der Waals surface area contributed by atoms with E-state index in [1.165, 1.54) is 6.92 Å². The van der Waals surface area contributed by atoms with E-state index in [2.05, 4.69) is 0 Å². The molecule has 2 rings (SSSR count). The van der Waals surface area contributed by atoms with Gasteiger partial charge in [-0.15, -0.1) is 0 Å². The van der Waals surface area contributed by atoms with Gasteiger partial charge in [-0.2, -0.15) is 0 Å². The smallest absolute Gasteiger partial charge is 0.186 e. The summed E-state index contributed by atoms with van der Waals surface area (Å²) in [4.78, 5) is 0. The maximum absolute atomic E-state index is 9.76. The Kier molecular flexibility index (Phi) is 7.25. The fraction of sp³-hybridized carbons (Fsp3) is 1.00. The molecule has 0 aromatic heterocycles. The van der Waals surface area contributed by atoms with Crippen LogP contribution in [0.2, 0.25) is 0 Å². The summed E-state index contributed by atoms with van der Waals surface area (Å²) in [5, 5.41) is 67.0. The van der Waals surface area contributed by atoms with Crippen molar-refractivity contribution >= 4 is 0 Å². The fourth-order valence-corrected chi connectivity index (χ4v) is 2.41. The minimum atomic E-state index is -1.70. The molecule has 23 heavy (non-hydrogen) atoms. The molecule has 0 amide bonds. The third-order valence-electron chi connectivity index (χ3n) is 3.92. The molecule has 0 radical (unpaired) electrons. The van der Waals surface area contributed by atoms with E-state index in [9.17, 15) is 35.7 Å². The molecular weight excluding hydrogens is 320 g/mol. The maximum atomic E-state index is 9.76.